The van der Waals surface area contributed by atoms with E-state index in [-0.39, 0.29) is 5.56 Å². The zero-order valence-corrected chi connectivity index (χ0v) is 18.9. The van der Waals surface area contributed by atoms with Gasteiger partial charge in [0.15, 0.2) is 0 Å². The van der Waals surface area contributed by atoms with E-state index in [1.54, 1.807) is 18.3 Å². The van der Waals surface area contributed by atoms with Gasteiger partial charge in [-0.05, 0) is 73.0 Å². The maximum absolute atomic E-state index is 12.4. The van der Waals surface area contributed by atoms with Gasteiger partial charge in [-0.3, -0.25) is 4.79 Å². The molecule has 0 saturated carbocycles. The average molecular weight is 456 g/mol. The van der Waals surface area contributed by atoms with Crippen LogP contribution in [0.4, 0.5) is 4.79 Å². The van der Waals surface area contributed by atoms with Gasteiger partial charge < -0.3 is 14.8 Å². The van der Waals surface area contributed by atoms with E-state index in [2.05, 4.69) is 10.3 Å². The molecule has 0 bridgehead atoms. The van der Waals surface area contributed by atoms with Crippen molar-refractivity contribution in [1.29, 1.82) is 0 Å². The molecule has 1 aliphatic heterocycles. The molecule has 0 aliphatic carbocycles. The summed E-state index contributed by atoms with van der Waals surface area (Å²) in [5, 5.41) is 3.25. The van der Waals surface area contributed by atoms with Crippen molar-refractivity contribution in [2.24, 2.45) is 5.92 Å². The normalized spacial score (nSPS) is 17.3. The Labute approximate surface area is 191 Å². The minimum absolute atomic E-state index is 0.331. The zero-order valence-electron chi connectivity index (χ0n) is 18.1. The molecular weight excluding hydrogens is 426 g/mol. The van der Waals surface area contributed by atoms with Crippen molar-refractivity contribution in [1.82, 2.24) is 14.3 Å². The molecule has 2 aromatic heterocycles. The Morgan fingerprint density at radius 3 is 2.81 bits per heavy atom. The fraction of sp³-hybridized carbons (Fsp3) is 0.458. The minimum Gasteiger partial charge on any atom is -0.494 e. The standard InChI is InChI=1S/C24H29N3O4S/c28-23-21-7-3-13-25-22(21)32-27(23)24(29)26-17-19-8-10-20(11-9-19)31-16-12-18-5-1-2-14-30-15-4-6-18/h3,7-11,13,18H,1-2,4-6,12,14-17H2,(H,26,29). The number of carbonyl (C=O) groups is 1. The van der Waals surface area contributed by atoms with Gasteiger partial charge in [-0.2, -0.15) is 3.96 Å². The first-order valence-electron chi connectivity index (χ1n) is 11.3. The quantitative estimate of drug-likeness (QED) is 0.588. The van der Waals surface area contributed by atoms with Gasteiger partial charge in [0, 0.05) is 26.0 Å². The molecule has 1 fully saturated rings. The first-order chi connectivity index (χ1) is 15.7. The number of pyridine rings is 1. The summed E-state index contributed by atoms with van der Waals surface area (Å²) in [6, 6.07) is 10.6. The molecule has 3 heterocycles. The van der Waals surface area contributed by atoms with Crippen LogP contribution in [-0.4, -0.2) is 34.8 Å². The number of nitrogens with one attached hydrogen (secondary N) is 1. The largest absolute Gasteiger partial charge is 0.494 e. The highest BCUT2D eigenvalue weighted by Gasteiger charge is 2.14. The fourth-order valence-corrected chi connectivity index (χ4v) is 4.80. The second kappa shape index (κ2) is 11.2. The second-order valence-electron chi connectivity index (χ2n) is 8.10. The lowest BCUT2D eigenvalue weighted by atomic mass is 9.94. The topological polar surface area (TPSA) is 82.4 Å². The van der Waals surface area contributed by atoms with Crippen molar-refractivity contribution < 1.29 is 14.3 Å². The van der Waals surface area contributed by atoms with E-state index < -0.39 is 6.03 Å². The van der Waals surface area contributed by atoms with E-state index in [0.29, 0.717) is 29.3 Å². The lowest BCUT2D eigenvalue weighted by Crippen LogP contribution is -2.32. The summed E-state index contributed by atoms with van der Waals surface area (Å²) < 4.78 is 12.6. The Balaban J connectivity index is 1.24. The summed E-state index contributed by atoms with van der Waals surface area (Å²) >= 11 is 1.05. The highest BCUT2D eigenvalue weighted by atomic mass is 32.1. The van der Waals surface area contributed by atoms with Crippen LogP contribution in [0.15, 0.2) is 47.4 Å². The van der Waals surface area contributed by atoms with E-state index in [4.69, 9.17) is 9.47 Å². The number of benzene rings is 1. The molecule has 4 rings (SSSR count). The molecule has 8 heteroatoms. The monoisotopic (exact) mass is 455 g/mol. The lowest BCUT2D eigenvalue weighted by Gasteiger charge is -2.16. The number of nitrogens with zero attached hydrogens (tertiary/aromatic N) is 2. The van der Waals surface area contributed by atoms with E-state index in [0.717, 1.165) is 59.3 Å². The first kappa shape index (κ1) is 22.5. The van der Waals surface area contributed by atoms with Crippen LogP contribution in [0.2, 0.25) is 0 Å². The third-order valence-electron chi connectivity index (χ3n) is 5.76. The van der Waals surface area contributed by atoms with Gasteiger partial charge in [-0.25, -0.2) is 9.78 Å². The Hall–Kier alpha value is -2.71. The van der Waals surface area contributed by atoms with Crippen molar-refractivity contribution in [3.63, 3.8) is 0 Å². The van der Waals surface area contributed by atoms with Crippen LogP contribution >= 0.6 is 11.5 Å². The average Bonchev–Trinajstić information content (AvgIpc) is 3.22. The van der Waals surface area contributed by atoms with Gasteiger partial charge in [-0.15, -0.1) is 0 Å². The number of amides is 1. The van der Waals surface area contributed by atoms with Crippen LogP contribution in [0.3, 0.4) is 0 Å². The van der Waals surface area contributed by atoms with Crippen molar-refractivity contribution in [3.05, 3.63) is 58.5 Å². The van der Waals surface area contributed by atoms with Crippen molar-refractivity contribution in [3.8, 4) is 5.75 Å². The third kappa shape index (κ3) is 5.95. The molecule has 0 radical (unpaired) electrons. The van der Waals surface area contributed by atoms with E-state index in [9.17, 15) is 9.59 Å². The first-order valence-corrected chi connectivity index (χ1v) is 12.0. The summed E-state index contributed by atoms with van der Waals surface area (Å²) in [6.07, 6.45) is 8.66. The lowest BCUT2D eigenvalue weighted by molar-refractivity contribution is 0.129. The molecule has 1 amide bonds. The molecule has 7 nitrogen and oxygen atoms in total. The number of hydrogen-bond acceptors (Lipinski definition) is 6. The highest BCUT2D eigenvalue weighted by Crippen LogP contribution is 2.21. The minimum atomic E-state index is -0.446. The van der Waals surface area contributed by atoms with Crippen LogP contribution in [0, 0.1) is 5.92 Å². The summed E-state index contributed by atoms with van der Waals surface area (Å²) in [6.45, 7) is 2.82. The molecular formula is C24H29N3O4S. The van der Waals surface area contributed by atoms with Crippen LogP contribution in [0.25, 0.3) is 10.2 Å². The Kier molecular flexibility index (Phi) is 7.90. The summed E-state index contributed by atoms with van der Waals surface area (Å²) in [4.78, 5) is 29.5. The smallest absolute Gasteiger partial charge is 0.338 e. The van der Waals surface area contributed by atoms with Gasteiger partial charge in [0.1, 0.15) is 10.6 Å². The maximum atomic E-state index is 12.4. The molecule has 1 saturated heterocycles. The summed E-state index contributed by atoms with van der Waals surface area (Å²) in [5.74, 6) is 1.54. The van der Waals surface area contributed by atoms with Gasteiger partial charge in [0.2, 0.25) is 0 Å². The number of aromatic nitrogens is 2. The molecule has 1 N–H and O–H groups in total. The molecule has 0 spiro atoms. The van der Waals surface area contributed by atoms with Crippen LogP contribution in [-0.2, 0) is 11.3 Å². The number of rotatable bonds is 6. The van der Waals surface area contributed by atoms with Crippen LogP contribution in [0.5, 0.6) is 5.75 Å². The van der Waals surface area contributed by atoms with E-state index >= 15 is 0 Å². The van der Waals surface area contributed by atoms with Crippen LogP contribution < -0.4 is 15.6 Å². The molecule has 1 aromatic carbocycles. The Morgan fingerprint density at radius 1 is 1.16 bits per heavy atom. The molecule has 1 unspecified atom stereocenters. The summed E-state index contributed by atoms with van der Waals surface area (Å²) in [7, 11) is 0. The predicted octanol–water partition coefficient (Wildman–Crippen LogP) is 4.58. The van der Waals surface area contributed by atoms with Gasteiger partial charge in [-0.1, -0.05) is 25.0 Å². The van der Waals surface area contributed by atoms with E-state index in [1.807, 2.05) is 24.3 Å². The molecule has 1 atom stereocenters. The number of fused-ring (bicyclic) bond motifs is 1. The predicted molar refractivity (Wildman–Crippen MR) is 125 cm³/mol. The Bertz CT molecular complexity index is 1070. The molecule has 1 aliphatic rings. The van der Waals surface area contributed by atoms with Gasteiger partial charge in [0.25, 0.3) is 5.56 Å². The van der Waals surface area contributed by atoms with E-state index in [1.165, 1.54) is 19.3 Å². The summed E-state index contributed by atoms with van der Waals surface area (Å²) in [5.41, 5.74) is 0.598. The number of carbonyl (C=O) groups excluding carboxylic acids is 1. The van der Waals surface area contributed by atoms with Gasteiger partial charge >= 0.3 is 6.03 Å². The van der Waals surface area contributed by atoms with Crippen LogP contribution in [0.1, 0.15) is 44.1 Å². The third-order valence-corrected chi connectivity index (χ3v) is 6.77. The Morgan fingerprint density at radius 2 is 1.97 bits per heavy atom. The maximum Gasteiger partial charge on any atom is 0.338 e. The fourth-order valence-electron chi connectivity index (χ4n) is 3.94. The molecule has 3 aromatic rings. The number of hydrogen-bond donors (Lipinski definition) is 1. The second-order valence-corrected chi connectivity index (χ2v) is 9.04. The molecule has 32 heavy (non-hydrogen) atoms. The van der Waals surface area contributed by atoms with Crippen molar-refractivity contribution in [2.75, 3.05) is 19.8 Å². The van der Waals surface area contributed by atoms with Gasteiger partial charge in [0.05, 0.1) is 12.0 Å². The molecule has 170 valence electrons. The number of ether oxygens (including phenoxy) is 2. The van der Waals surface area contributed by atoms with Crippen molar-refractivity contribution in [2.45, 2.75) is 45.1 Å². The highest BCUT2D eigenvalue weighted by molar-refractivity contribution is 7.14. The zero-order chi connectivity index (χ0) is 22.2. The SMILES string of the molecule is O=C(NCc1ccc(OCCC2CCCCOCCC2)cc1)n1sc2ncccc2c1=O. The van der Waals surface area contributed by atoms with Crippen molar-refractivity contribution >= 4 is 27.8 Å².